The minimum atomic E-state index is -1.02. The van der Waals surface area contributed by atoms with E-state index in [1.165, 1.54) is 24.3 Å². The molecule has 0 saturated carbocycles. The molecule has 35 heavy (non-hydrogen) atoms. The molecular formula is C25H28N6O4. The van der Waals surface area contributed by atoms with Crippen LogP contribution in [-0.4, -0.2) is 58.4 Å². The quantitative estimate of drug-likeness (QED) is 0.468. The summed E-state index contributed by atoms with van der Waals surface area (Å²) in [4.78, 5) is 39.5. The number of carboxylic acids is 1. The molecule has 0 radical (unpaired) electrons. The fourth-order valence-corrected chi connectivity index (χ4v) is 3.59. The van der Waals surface area contributed by atoms with Gasteiger partial charge in [0.2, 0.25) is 5.95 Å². The van der Waals surface area contributed by atoms with E-state index in [0.717, 1.165) is 30.9 Å². The van der Waals surface area contributed by atoms with Gasteiger partial charge in [-0.05, 0) is 54.4 Å². The number of aromatic nitrogens is 3. The van der Waals surface area contributed by atoms with Crippen molar-refractivity contribution in [1.29, 1.82) is 0 Å². The second kappa shape index (κ2) is 10.9. The lowest BCUT2D eigenvalue weighted by molar-refractivity contribution is 0.0697. The van der Waals surface area contributed by atoms with Crippen molar-refractivity contribution >= 4 is 29.3 Å². The summed E-state index contributed by atoms with van der Waals surface area (Å²) in [5.41, 5.74) is 2.06. The number of morpholine rings is 1. The van der Waals surface area contributed by atoms with Crippen LogP contribution < -0.4 is 15.5 Å². The lowest BCUT2D eigenvalue weighted by Crippen LogP contribution is -2.37. The lowest BCUT2D eigenvalue weighted by atomic mass is 10.1. The van der Waals surface area contributed by atoms with Crippen LogP contribution >= 0.6 is 0 Å². The Kier molecular flexibility index (Phi) is 7.51. The molecule has 2 amide bonds. The van der Waals surface area contributed by atoms with Crippen LogP contribution in [0.1, 0.15) is 30.0 Å². The summed E-state index contributed by atoms with van der Waals surface area (Å²) in [7, 11) is 0. The third-order valence-electron chi connectivity index (χ3n) is 5.35. The van der Waals surface area contributed by atoms with E-state index in [1.807, 2.05) is 12.1 Å². The van der Waals surface area contributed by atoms with E-state index in [9.17, 15) is 9.59 Å². The van der Waals surface area contributed by atoms with Gasteiger partial charge in [-0.25, -0.2) is 14.6 Å². The van der Waals surface area contributed by atoms with Gasteiger partial charge in [-0.1, -0.05) is 13.8 Å². The van der Waals surface area contributed by atoms with Gasteiger partial charge in [-0.2, -0.15) is 9.97 Å². The molecule has 1 aromatic heterocycles. The summed E-state index contributed by atoms with van der Waals surface area (Å²) in [6.45, 7) is 7.02. The number of hydrogen-bond donors (Lipinski definition) is 3. The first-order chi connectivity index (χ1) is 16.9. The SMILES string of the molecule is CC(C)Cc1nc(-c2ccc(NC(=O)Nc3ccc(C(=O)O)cc3)cc2)nc(N2CCOCC2)n1. The van der Waals surface area contributed by atoms with Crippen LogP contribution in [0.15, 0.2) is 48.5 Å². The van der Waals surface area contributed by atoms with Gasteiger partial charge in [-0.15, -0.1) is 0 Å². The number of hydrogen-bond acceptors (Lipinski definition) is 7. The monoisotopic (exact) mass is 476 g/mol. The van der Waals surface area contributed by atoms with Gasteiger partial charge in [0.1, 0.15) is 5.82 Å². The van der Waals surface area contributed by atoms with Crippen LogP contribution in [0.4, 0.5) is 22.1 Å². The Balaban J connectivity index is 1.47. The molecule has 1 aliphatic rings. The van der Waals surface area contributed by atoms with Crippen LogP contribution in [0.25, 0.3) is 11.4 Å². The second-order valence-electron chi connectivity index (χ2n) is 8.61. The standard InChI is InChI=1S/C25H28N6O4/c1-16(2)15-21-28-22(30-24(29-21)31-11-13-35-14-12-31)17-3-7-19(8-4-17)26-25(34)27-20-9-5-18(6-10-20)23(32)33/h3-10,16H,11-15H2,1-2H3,(H,32,33)(H2,26,27,34). The Morgan fingerprint density at radius 3 is 2.11 bits per heavy atom. The zero-order valence-electron chi connectivity index (χ0n) is 19.7. The van der Waals surface area contributed by atoms with E-state index in [2.05, 4.69) is 39.3 Å². The third kappa shape index (κ3) is 6.51. The van der Waals surface area contributed by atoms with Crippen molar-refractivity contribution < 1.29 is 19.4 Å². The van der Waals surface area contributed by atoms with Crippen molar-refractivity contribution in [3.63, 3.8) is 0 Å². The normalized spacial score (nSPS) is 13.5. The molecule has 0 aliphatic carbocycles. The average molecular weight is 477 g/mol. The summed E-state index contributed by atoms with van der Waals surface area (Å²) in [6.07, 6.45) is 0.750. The summed E-state index contributed by atoms with van der Waals surface area (Å²) in [5.74, 6) is 1.39. The molecule has 2 heterocycles. The van der Waals surface area contributed by atoms with Gasteiger partial charge in [0, 0.05) is 36.4 Å². The maximum Gasteiger partial charge on any atom is 0.335 e. The number of urea groups is 1. The number of carbonyl (C=O) groups excluding carboxylic acids is 1. The molecule has 0 bridgehead atoms. The van der Waals surface area contributed by atoms with Gasteiger partial charge in [0.25, 0.3) is 0 Å². The predicted octanol–water partition coefficient (Wildman–Crippen LogP) is 3.92. The maximum atomic E-state index is 12.3. The van der Waals surface area contributed by atoms with Crippen molar-refractivity contribution in [3.8, 4) is 11.4 Å². The van der Waals surface area contributed by atoms with Crippen molar-refractivity contribution in [2.75, 3.05) is 41.8 Å². The molecule has 0 spiro atoms. The second-order valence-corrected chi connectivity index (χ2v) is 8.61. The Morgan fingerprint density at radius 1 is 0.943 bits per heavy atom. The molecule has 1 saturated heterocycles. The Labute approximate surface area is 203 Å². The van der Waals surface area contributed by atoms with Gasteiger partial charge in [0.15, 0.2) is 5.82 Å². The summed E-state index contributed by atoms with van der Waals surface area (Å²) in [6, 6.07) is 12.8. The van der Waals surface area contributed by atoms with Gasteiger partial charge in [-0.3, -0.25) is 0 Å². The van der Waals surface area contributed by atoms with Crippen molar-refractivity contribution in [2.24, 2.45) is 5.92 Å². The largest absolute Gasteiger partial charge is 0.478 e. The van der Waals surface area contributed by atoms with Crippen LogP contribution in [0.5, 0.6) is 0 Å². The minimum Gasteiger partial charge on any atom is -0.478 e. The Bertz CT molecular complexity index is 1180. The molecule has 3 aromatic rings. The molecule has 2 aromatic carbocycles. The molecule has 3 N–H and O–H groups in total. The topological polar surface area (TPSA) is 130 Å². The molecule has 0 atom stereocenters. The van der Waals surface area contributed by atoms with E-state index in [4.69, 9.17) is 14.8 Å². The number of nitrogens with zero attached hydrogens (tertiary/aromatic N) is 4. The number of aromatic carboxylic acids is 1. The number of carbonyl (C=O) groups is 2. The van der Waals surface area contributed by atoms with E-state index >= 15 is 0 Å². The maximum absolute atomic E-state index is 12.3. The summed E-state index contributed by atoms with van der Waals surface area (Å²) >= 11 is 0. The number of ether oxygens (including phenoxy) is 1. The van der Waals surface area contributed by atoms with Crippen LogP contribution in [-0.2, 0) is 11.2 Å². The summed E-state index contributed by atoms with van der Waals surface area (Å²) < 4.78 is 5.45. The van der Waals surface area contributed by atoms with Crippen molar-refractivity contribution in [2.45, 2.75) is 20.3 Å². The van der Waals surface area contributed by atoms with Crippen LogP contribution in [0, 0.1) is 5.92 Å². The van der Waals surface area contributed by atoms with E-state index in [0.29, 0.717) is 42.3 Å². The number of carboxylic acid groups (broad SMARTS) is 1. The predicted molar refractivity (Wildman–Crippen MR) is 133 cm³/mol. The Hall–Kier alpha value is -4.05. The first kappa shape index (κ1) is 24.1. The van der Waals surface area contributed by atoms with E-state index < -0.39 is 12.0 Å². The highest BCUT2D eigenvalue weighted by atomic mass is 16.5. The first-order valence-electron chi connectivity index (χ1n) is 11.5. The molecule has 1 aliphatic heterocycles. The first-order valence-corrected chi connectivity index (χ1v) is 11.5. The molecule has 10 heteroatoms. The smallest absolute Gasteiger partial charge is 0.335 e. The fraction of sp³-hybridized carbons (Fsp3) is 0.320. The molecule has 4 rings (SSSR count). The minimum absolute atomic E-state index is 0.151. The van der Waals surface area contributed by atoms with Crippen LogP contribution in [0.3, 0.4) is 0 Å². The number of rotatable bonds is 7. The zero-order valence-corrected chi connectivity index (χ0v) is 19.7. The molecule has 182 valence electrons. The highest BCUT2D eigenvalue weighted by molar-refractivity contribution is 6.00. The highest BCUT2D eigenvalue weighted by Gasteiger charge is 2.18. The van der Waals surface area contributed by atoms with Crippen molar-refractivity contribution in [1.82, 2.24) is 15.0 Å². The van der Waals surface area contributed by atoms with Gasteiger partial charge in [0.05, 0.1) is 18.8 Å². The van der Waals surface area contributed by atoms with Crippen molar-refractivity contribution in [3.05, 3.63) is 59.9 Å². The van der Waals surface area contributed by atoms with E-state index in [1.54, 1.807) is 12.1 Å². The molecule has 1 fully saturated rings. The molecule has 10 nitrogen and oxygen atoms in total. The van der Waals surface area contributed by atoms with Crippen LogP contribution in [0.2, 0.25) is 0 Å². The highest BCUT2D eigenvalue weighted by Crippen LogP contribution is 2.22. The number of benzene rings is 2. The summed E-state index contributed by atoms with van der Waals surface area (Å²) in [5, 5.41) is 14.4. The average Bonchev–Trinajstić information content (AvgIpc) is 2.85. The Morgan fingerprint density at radius 2 is 1.54 bits per heavy atom. The molecular weight excluding hydrogens is 448 g/mol. The molecule has 0 unspecified atom stereocenters. The lowest BCUT2D eigenvalue weighted by Gasteiger charge is -2.27. The number of amides is 2. The number of anilines is 3. The van der Waals surface area contributed by atoms with Gasteiger partial charge >= 0.3 is 12.0 Å². The number of nitrogens with one attached hydrogen (secondary N) is 2. The fourth-order valence-electron chi connectivity index (χ4n) is 3.59. The third-order valence-corrected chi connectivity index (χ3v) is 5.35. The van der Waals surface area contributed by atoms with E-state index in [-0.39, 0.29) is 5.56 Å². The zero-order chi connectivity index (χ0) is 24.8. The van der Waals surface area contributed by atoms with Gasteiger partial charge < -0.3 is 25.4 Å².